The minimum Gasteiger partial charge on any atom is -0.477 e. The van der Waals surface area contributed by atoms with E-state index in [1.54, 1.807) is 30.5 Å². The number of hydrogen-bond acceptors (Lipinski definition) is 4. The maximum Gasteiger partial charge on any atom is 0.341 e. The van der Waals surface area contributed by atoms with E-state index >= 15 is 0 Å². The van der Waals surface area contributed by atoms with Gasteiger partial charge in [-0.3, -0.25) is 10.2 Å². The number of aryl methyl sites for hydroxylation is 1. The number of pyridine rings is 1. The van der Waals surface area contributed by atoms with Crippen LogP contribution in [0.2, 0.25) is 0 Å². The minimum atomic E-state index is -1.71. The van der Waals surface area contributed by atoms with E-state index in [0.717, 1.165) is 29.0 Å². The number of carboxylic acids is 1. The maximum absolute atomic E-state index is 13.8. The molecule has 0 atom stereocenters. The number of rotatable bonds is 4. The van der Waals surface area contributed by atoms with Crippen LogP contribution in [0.4, 0.5) is 20.2 Å². The lowest BCUT2D eigenvalue weighted by molar-refractivity contribution is 0.0686. The number of aromatic nitrogens is 1. The number of benzene rings is 2. The van der Waals surface area contributed by atoms with Gasteiger partial charge in [0.05, 0.1) is 11.4 Å². The number of anilines is 2. The van der Waals surface area contributed by atoms with Gasteiger partial charge in [0.15, 0.2) is 0 Å². The van der Waals surface area contributed by atoms with Gasteiger partial charge in [0, 0.05) is 24.0 Å². The molecule has 3 aromatic rings. The number of carboxylic acid groups (broad SMARTS) is 1. The summed E-state index contributed by atoms with van der Waals surface area (Å²) in [5.74, 6) is -4.25. The van der Waals surface area contributed by atoms with E-state index < -0.39 is 23.2 Å². The van der Waals surface area contributed by atoms with E-state index in [0.29, 0.717) is 5.06 Å². The molecule has 0 unspecified atom stereocenters. The van der Waals surface area contributed by atoms with Crippen LogP contribution in [0.15, 0.2) is 54.7 Å². The molecule has 1 aromatic heterocycles. The summed E-state index contributed by atoms with van der Waals surface area (Å²) in [5.41, 5.74) is 1.66. The molecule has 0 radical (unpaired) electrons. The highest BCUT2D eigenvalue weighted by Gasteiger charge is 2.20. The van der Waals surface area contributed by atoms with Gasteiger partial charge < -0.3 is 5.11 Å². The van der Waals surface area contributed by atoms with Crippen LogP contribution in [0.25, 0.3) is 11.1 Å². The topological polar surface area (TPSA) is 73.7 Å². The quantitative estimate of drug-likeness (QED) is 0.671. The third-order valence-electron chi connectivity index (χ3n) is 3.83. The van der Waals surface area contributed by atoms with E-state index in [2.05, 4.69) is 4.98 Å². The molecule has 0 amide bonds. The summed E-state index contributed by atoms with van der Waals surface area (Å²) in [4.78, 5) is 15.0. The highest BCUT2D eigenvalue weighted by atomic mass is 19.1. The summed E-state index contributed by atoms with van der Waals surface area (Å²) in [6.45, 7) is 1.87. The fraction of sp³-hybridized carbons (Fsp3) is 0.0526. The molecule has 0 aliphatic heterocycles. The Hall–Kier alpha value is -3.32. The Morgan fingerprint density at radius 3 is 2.12 bits per heavy atom. The molecule has 2 aromatic carbocycles. The van der Waals surface area contributed by atoms with E-state index in [4.69, 9.17) is 5.11 Å². The van der Waals surface area contributed by atoms with Gasteiger partial charge in [0.25, 0.3) is 0 Å². The molecule has 0 fully saturated rings. The molecule has 0 saturated carbocycles. The number of halogens is 2. The van der Waals surface area contributed by atoms with Gasteiger partial charge in [-0.1, -0.05) is 12.1 Å². The highest BCUT2D eigenvalue weighted by Crippen LogP contribution is 2.29. The second kappa shape index (κ2) is 6.89. The third-order valence-corrected chi connectivity index (χ3v) is 3.83. The van der Waals surface area contributed by atoms with Gasteiger partial charge in [-0.15, -0.1) is 0 Å². The molecule has 132 valence electrons. The lowest BCUT2D eigenvalue weighted by atomic mass is 10.1. The van der Waals surface area contributed by atoms with Crippen LogP contribution in [0.5, 0.6) is 0 Å². The van der Waals surface area contributed by atoms with E-state index in [1.807, 2.05) is 19.1 Å². The predicted molar refractivity (Wildman–Crippen MR) is 91.7 cm³/mol. The number of carbonyl (C=O) groups is 1. The Labute approximate surface area is 147 Å². The summed E-state index contributed by atoms with van der Waals surface area (Å²) < 4.78 is 27.6. The molecule has 3 rings (SSSR count). The first-order valence-corrected chi connectivity index (χ1v) is 7.61. The minimum absolute atomic E-state index is 0.225. The van der Waals surface area contributed by atoms with Crippen LogP contribution in [-0.2, 0) is 0 Å². The molecule has 0 saturated heterocycles. The largest absolute Gasteiger partial charge is 0.477 e. The normalized spacial score (nSPS) is 10.6. The molecule has 26 heavy (non-hydrogen) atoms. The summed E-state index contributed by atoms with van der Waals surface area (Å²) in [6, 6.07) is 11.9. The van der Waals surface area contributed by atoms with Gasteiger partial charge in [-0.25, -0.2) is 18.6 Å². The summed E-state index contributed by atoms with van der Waals surface area (Å²) in [7, 11) is 0. The Morgan fingerprint density at radius 1 is 0.962 bits per heavy atom. The van der Waals surface area contributed by atoms with Crippen molar-refractivity contribution in [1.29, 1.82) is 0 Å². The van der Waals surface area contributed by atoms with E-state index in [9.17, 15) is 18.8 Å². The zero-order valence-electron chi connectivity index (χ0n) is 13.6. The van der Waals surface area contributed by atoms with Crippen molar-refractivity contribution in [3.05, 3.63) is 77.6 Å². The maximum atomic E-state index is 13.8. The van der Waals surface area contributed by atoms with Gasteiger partial charge in [-0.05, 0) is 42.3 Å². The molecular weight excluding hydrogens is 342 g/mol. The smallest absolute Gasteiger partial charge is 0.341 e. The SMILES string of the molecule is Cc1cc(-c2ccc(N(O)c3cc(F)c(C(=O)O)c(F)c3)cc2)ccn1. The predicted octanol–water partition coefficient (Wildman–Crippen LogP) is 4.56. The molecule has 2 N–H and O–H groups in total. The Bertz CT molecular complexity index is 952. The first-order chi connectivity index (χ1) is 12.4. The van der Waals surface area contributed by atoms with Crippen LogP contribution in [-0.4, -0.2) is 21.3 Å². The van der Waals surface area contributed by atoms with Crippen molar-refractivity contribution in [2.45, 2.75) is 6.92 Å². The van der Waals surface area contributed by atoms with Crippen LogP contribution < -0.4 is 5.06 Å². The van der Waals surface area contributed by atoms with Crippen molar-refractivity contribution in [1.82, 2.24) is 4.98 Å². The molecule has 0 bridgehead atoms. The van der Waals surface area contributed by atoms with Crippen LogP contribution >= 0.6 is 0 Å². The second-order valence-electron chi connectivity index (χ2n) is 5.63. The molecule has 0 spiro atoms. The fourth-order valence-electron chi connectivity index (χ4n) is 2.56. The average molecular weight is 356 g/mol. The Kier molecular flexibility index (Phi) is 4.64. The average Bonchev–Trinajstić information content (AvgIpc) is 2.60. The van der Waals surface area contributed by atoms with E-state index in [-0.39, 0.29) is 11.4 Å². The standard InChI is InChI=1S/C19H14F2N2O3/c1-11-8-13(6-7-22-11)12-2-4-14(5-3-12)23(26)15-9-16(20)18(19(24)25)17(21)10-15/h2-10,26H,1H3,(H,24,25). The van der Waals surface area contributed by atoms with Gasteiger partial charge in [-0.2, -0.15) is 0 Å². The van der Waals surface area contributed by atoms with E-state index in [1.165, 1.54) is 0 Å². The number of aromatic carboxylic acids is 1. The molecule has 0 aliphatic carbocycles. The molecule has 0 aliphatic rings. The van der Waals surface area contributed by atoms with Crippen molar-refractivity contribution in [3.8, 4) is 11.1 Å². The van der Waals surface area contributed by atoms with Crippen LogP contribution in [0.3, 0.4) is 0 Å². The van der Waals surface area contributed by atoms with Crippen molar-refractivity contribution < 1.29 is 23.9 Å². The Morgan fingerprint density at radius 2 is 1.58 bits per heavy atom. The highest BCUT2D eigenvalue weighted by molar-refractivity contribution is 5.89. The van der Waals surface area contributed by atoms with Crippen molar-refractivity contribution in [3.63, 3.8) is 0 Å². The molecule has 7 heteroatoms. The van der Waals surface area contributed by atoms with Crippen molar-refractivity contribution in [2.75, 3.05) is 5.06 Å². The monoisotopic (exact) mass is 356 g/mol. The fourth-order valence-corrected chi connectivity index (χ4v) is 2.56. The van der Waals surface area contributed by atoms with Gasteiger partial charge in [0.2, 0.25) is 0 Å². The van der Waals surface area contributed by atoms with Gasteiger partial charge >= 0.3 is 5.97 Å². The molecule has 5 nitrogen and oxygen atoms in total. The first kappa shape index (κ1) is 17.5. The molecule has 1 heterocycles. The lowest BCUT2D eigenvalue weighted by Gasteiger charge is -2.18. The van der Waals surface area contributed by atoms with Crippen molar-refractivity contribution in [2.24, 2.45) is 0 Å². The number of nitrogens with zero attached hydrogens (tertiary/aromatic N) is 2. The zero-order valence-corrected chi connectivity index (χ0v) is 13.6. The summed E-state index contributed by atoms with van der Waals surface area (Å²) in [5, 5.41) is 19.6. The number of hydrogen-bond donors (Lipinski definition) is 2. The first-order valence-electron chi connectivity index (χ1n) is 7.61. The zero-order chi connectivity index (χ0) is 18.8. The van der Waals surface area contributed by atoms with Crippen LogP contribution in [0.1, 0.15) is 16.1 Å². The Balaban J connectivity index is 1.91. The summed E-state index contributed by atoms with van der Waals surface area (Å²) >= 11 is 0. The summed E-state index contributed by atoms with van der Waals surface area (Å²) in [6.07, 6.45) is 1.69. The third kappa shape index (κ3) is 3.38. The lowest BCUT2D eigenvalue weighted by Crippen LogP contribution is -2.13. The second-order valence-corrected chi connectivity index (χ2v) is 5.63. The van der Waals surface area contributed by atoms with Crippen molar-refractivity contribution >= 4 is 17.3 Å². The van der Waals surface area contributed by atoms with Gasteiger partial charge in [0.1, 0.15) is 17.2 Å². The van der Waals surface area contributed by atoms with Crippen LogP contribution in [0, 0.1) is 18.6 Å². The molecular formula is C19H14F2N2O3.